The first-order valence-corrected chi connectivity index (χ1v) is 6.82. The lowest BCUT2D eigenvalue weighted by Gasteiger charge is -2.29. The van der Waals surface area contributed by atoms with E-state index >= 15 is 0 Å². The van der Waals surface area contributed by atoms with Gasteiger partial charge >= 0.3 is 0 Å². The number of benzene rings is 2. The quantitative estimate of drug-likeness (QED) is 0.898. The molecule has 0 saturated heterocycles. The largest absolute Gasteiger partial charge is 0.496 e. The third-order valence-electron chi connectivity index (χ3n) is 3.65. The molecule has 1 N–H and O–H groups in total. The average Bonchev–Trinajstić information content (AvgIpc) is 2.46. The highest BCUT2D eigenvalue weighted by Crippen LogP contribution is 2.37. The van der Waals surface area contributed by atoms with Crippen molar-refractivity contribution in [3.63, 3.8) is 0 Å². The van der Waals surface area contributed by atoms with Gasteiger partial charge in [-0.05, 0) is 31.5 Å². The van der Waals surface area contributed by atoms with Crippen LogP contribution in [-0.4, -0.2) is 13.7 Å². The van der Waals surface area contributed by atoms with E-state index in [2.05, 4.69) is 31.3 Å². The number of rotatable bonds is 2. The van der Waals surface area contributed by atoms with Crippen LogP contribution in [0.2, 0.25) is 0 Å². The zero-order valence-corrected chi connectivity index (χ0v) is 12.1. The number of methoxy groups -OCH3 is 1. The summed E-state index contributed by atoms with van der Waals surface area (Å²) < 4.78 is 11.4. The Morgan fingerprint density at radius 2 is 2.00 bits per heavy atom. The van der Waals surface area contributed by atoms with E-state index in [4.69, 9.17) is 9.47 Å². The maximum atomic E-state index is 5.85. The van der Waals surface area contributed by atoms with Crippen molar-refractivity contribution in [1.82, 2.24) is 0 Å². The third kappa shape index (κ3) is 2.20. The molecule has 0 aliphatic carbocycles. The maximum absolute atomic E-state index is 5.85. The lowest BCUT2D eigenvalue weighted by atomic mass is 9.99. The van der Waals surface area contributed by atoms with Gasteiger partial charge < -0.3 is 14.8 Å². The van der Waals surface area contributed by atoms with Crippen LogP contribution in [0.15, 0.2) is 36.4 Å². The van der Waals surface area contributed by atoms with Gasteiger partial charge in [0.2, 0.25) is 0 Å². The third-order valence-corrected chi connectivity index (χ3v) is 3.65. The van der Waals surface area contributed by atoms with Crippen LogP contribution in [0, 0.1) is 13.8 Å². The molecule has 3 rings (SSSR count). The van der Waals surface area contributed by atoms with Gasteiger partial charge in [-0.3, -0.25) is 0 Å². The molecule has 0 spiro atoms. The summed E-state index contributed by atoms with van der Waals surface area (Å²) >= 11 is 0. The van der Waals surface area contributed by atoms with Crippen LogP contribution in [0.4, 0.5) is 5.69 Å². The van der Waals surface area contributed by atoms with Crippen LogP contribution in [0.5, 0.6) is 11.5 Å². The normalized spacial score (nSPS) is 16.9. The zero-order valence-electron chi connectivity index (χ0n) is 12.1. The first kappa shape index (κ1) is 12.9. The fourth-order valence-corrected chi connectivity index (χ4v) is 2.81. The number of para-hydroxylation sites is 2. The minimum atomic E-state index is 0.110. The van der Waals surface area contributed by atoms with E-state index in [9.17, 15) is 0 Å². The van der Waals surface area contributed by atoms with Gasteiger partial charge in [-0.1, -0.05) is 29.8 Å². The first-order chi connectivity index (χ1) is 9.69. The van der Waals surface area contributed by atoms with Crippen LogP contribution < -0.4 is 14.8 Å². The number of aryl methyl sites for hydroxylation is 2. The topological polar surface area (TPSA) is 30.5 Å². The minimum Gasteiger partial charge on any atom is -0.496 e. The van der Waals surface area contributed by atoms with E-state index in [1.54, 1.807) is 7.11 Å². The Kier molecular flexibility index (Phi) is 3.26. The number of anilines is 1. The fraction of sp³-hybridized carbons (Fsp3) is 0.294. The summed E-state index contributed by atoms with van der Waals surface area (Å²) in [5, 5.41) is 3.54. The summed E-state index contributed by atoms with van der Waals surface area (Å²) in [6.07, 6.45) is 0. The van der Waals surface area contributed by atoms with E-state index in [1.165, 1.54) is 5.56 Å². The lowest BCUT2D eigenvalue weighted by molar-refractivity contribution is 0.282. The summed E-state index contributed by atoms with van der Waals surface area (Å²) in [7, 11) is 1.72. The van der Waals surface area contributed by atoms with E-state index in [1.807, 2.05) is 24.3 Å². The molecule has 20 heavy (non-hydrogen) atoms. The van der Waals surface area contributed by atoms with Gasteiger partial charge in [-0.2, -0.15) is 0 Å². The molecule has 0 saturated carbocycles. The van der Waals surface area contributed by atoms with Crippen LogP contribution in [-0.2, 0) is 0 Å². The molecule has 2 aromatic rings. The van der Waals surface area contributed by atoms with E-state index in [-0.39, 0.29) is 6.04 Å². The minimum absolute atomic E-state index is 0.110. The van der Waals surface area contributed by atoms with Crippen LogP contribution in [0.25, 0.3) is 0 Å². The Balaban J connectivity index is 1.99. The summed E-state index contributed by atoms with van der Waals surface area (Å²) in [6.45, 7) is 4.79. The second-order valence-electron chi connectivity index (χ2n) is 5.21. The number of fused-ring (bicyclic) bond motifs is 1. The van der Waals surface area contributed by atoms with E-state index in [0.29, 0.717) is 6.61 Å². The summed E-state index contributed by atoms with van der Waals surface area (Å²) in [5.41, 5.74) is 4.58. The SMILES string of the molecule is COc1c(C)cc(C)cc1C1COc2ccccc2N1. The zero-order chi connectivity index (χ0) is 14.1. The molecular formula is C17H19NO2. The highest BCUT2D eigenvalue weighted by molar-refractivity contribution is 5.60. The molecule has 3 heteroatoms. The van der Waals surface area contributed by atoms with Gasteiger partial charge in [-0.25, -0.2) is 0 Å². The van der Waals surface area contributed by atoms with Crippen LogP contribution >= 0.6 is 0 Å². The molecule has 2 aromatic carbocycles. The predicted molar refractivity (Wildman–Crippen MR) is 80.8 cm³/mol. The van der Waals surface area contributed by atoms with Crippen LogP contribution in [0.3, 0.4) is 0 Å². The second-order valence-corrected chi connectivity index (χ2v) is 5.21. The molecule has 1 heterocycles. The van der Waals surface area contributed by atoms with Gasteiger partial charge in [0.15, 0.2) is 0 Å². The van der Waals surface area contributed by atoms with Crippen molar-refractivity contribution >= 4 is 5.69 Å². The molecule has 0 aromatic heterocycles. The molecule has 1 atom stereocenters. The van der Waals surface area contributed by atoms with E-state index in [0.717, 1.165) is 28.3 Å². The smallest absolute Gasteiger partial charge is 0.142 e. The van der Waals surface area contributed by atoms with Crippen molar-refractivity contribution in [3.05, 3.63) is 53.1 Å². The van der Waals surface area contributed by atoms with Crippen molar-refractivity contribution < 1.29 is 9.47 Å². The molecule has 104 valence electrons. The number of hydrogen-bond acceptors (Lipinski definition) is 3. The Labute approximate surface area is 119 Å². The molecule has 1 unspecified atom stereocenters. The van der Waals surface area contributed by atoms with E-state index < -0.39 is 0 Å². The summed E-state index contributed by atoms with van der Waals surface area (Å²) in [4.78, 5) is 0. The molecule has 1 aliphatic rings. The summed E-state index contributed by atoms with van der Waals surface area (Å²) in [5.74, 6) is 1.85. The molecule has 0 fully saturated rings. The molecule has 0 radical (unpaired) electrons. The Morgan fingerprint density at radius 1 is 1.20 bits per heavy atom. The fourth-order valence-electron chi connectivity index (χ4n) is 2.81. The first-order valence-electron chi connectivity index (χ1n) is 6.82. The highest BCUT2D eigenvalue weighted by Gasteiger charge is 2.23. The van der Waals surface area contributed by atoms with Crippen molar-refractivity contribution in [3.8, 4) is 11.5 Å². The lowest BCUT2D eigenvalue weighted by Crippen LogP contribution is -2.24. The number of nitrogens with one attached hydrogen (secondary N) is 1. The Hall–Kier alpha value is -2.16. The van der Waals surface area contributed by atoms with Crippen molar-refractivity contribution in [1.29, 1.82) is 0 Å². The van der Waals surface area contributed by atoms with Gasteiger partial charge in [-0.15, -0.1) is 0 Å². The Morgan fingerprint density at radius 3 is 2.80 bits per heavy atom. The monoisotopic (exact) mass is 269 g/mol. The highest BCUT2D eigenvalue weighted by atomic mass is 16.5. The maximum Gasteiger partial charge on any atom is 0.142 e. The van der Waals surface area contributed by atoms with Gasteiger partial charge in [0, 0.05) is 5.56 Å². The van der Waals surface area contributed by atoms with Gasteiger partial charge in [0.05, 0.1) is 18.8 Å². The van der Waals surface area contributed by atoms with Crippen molar-refractivity contribution in [2.24, 2.45) is 0 Å². The van der Waals surface area contributed by atoms with Crippen molar-refractivity contribution in [2.75, 3.05) is 19.0 Å². The van der Waals surface area contributed by atoms with Gasteiger partial charge in [0.25, 0.3) is 0 Å². The average molecular weight is 269 g/mol. The predicted octanol–water partition coefficient (Wildman–Crippen LogP) is 3.86. The molecule has 0 bridgehead atoms. The number of ether oxygens (including phenoxy) is 2. The van der Waals surface area contributed by atoms with Crippen LogP contribution in [0.1, 0.15) is 22.7 Å². The van der Waals surface area contributed by atoms with Gasteiger partial charge in [0.1, 0.15) is 18.1 Å². The standard InChI is InChI=1S/C17H19NO2/c1-11-8-12(2)17(19-3)13(9-11)15-10-20-16-7-5-4-6-14(16)18-15/h4-9,15,18H,10H2,1-3H3. The molecule has 0 amide bonds. The second kappa shape index (κ2) is 5.08. The number of hydrogen-bond donors (Lipinski definition) is 1. The Bertz CT molecular complexity index is 637. The molecule has 3 nitrogen and oxygen atoms in total. The summed E-state index contributed by atoms with van der Waals surface area (Å²) in [6, 6.07) is 12.4. The molecule has 1 aliphatic heterocycles. The molecular weight excluding hydrogens is 250 g/mol. The van der Waals surface area contributed by atoms with Crippen molar-refractivity contribution in [2.45, 2.75) is 19.9 Å².